The molecule has 1 aromatic rings. The van der Waals surface area contributed by atoms with E-state index < -0.39 is 0 Å². The van der Waals surface area contributed by atoms with E-state index in [9.17, 15) is 0 Å². The maximum Gasteiger partial charge on any atom is 0.170 e. The predicted octanol–water partition coefficient (Wildman–Crippen LogP) is 1.47. The number of anilines is 1. The van der Waals surface area contributed by atoms with Crippen LogP contribution in [0.1, 0.15) is 5.56 Å². The highest BCUT2D eigenvalue weighted by molar-refractivity contribution is 7.80. The molecular formula is C9H9N3S. The number of nitriles is 1. The predicted molar refractivity (Wildman–Crippen MR) is 56.4 cm³/mol. The normalized spacial score (nSPS) is 8.62. The standard InChI is InChI=1S/C9H9N3S/c1-11-9(13)12-8-4-2-3-7(5-8)6-10/h2-5H,1H3,(H2,11,12,13). The number of hydrogen-bond donors (Lipinski definition) is 2. The summed E-state index contributed by atoms with van der Waals surface area (Å²) in [6.07, 6.45) is 0. The van der Waals surface area contributed by atoms with Gasteiger partial charge in [0.25, 0.3) is 0 Å². The number of rotatable bonds is 1. The van der Waals surface area contributed by atoms with Crippen molar-refractivity contribution in [2.24, 2.45) is 0 Å². The molecule has 0 saturated heterocycles. The van der Waals surface area contributed by atoms with Gasteiger partial charge in [0.1, 0.15) is 0 Å². The van der Waals surface area contributed by atoms with Crippen LogP contribution in [-0.4, -0.2) is 12.2 Å². The van der Waals surface area contributed by atoms with Gasteiger partial charge in [-0.3, -0.25) is 0 Å². The van der Waals surface area contributed by atoms with Gasteiger partial charge >= 0.3 is 0 Å². The van der Waals surface area contributed by atoms with Crippen LogP contribution in [0, 0.1) is 11.3 Å². The first-order valence-corrected chi connectivity index (χ1v) is 4.16. The van der Waals surface area contributed by atoms with Crippen LogP contribution in [0.25, 0.3) is 0 Å². The third kappa shape index (κ3) is 2.73. The summed E-state index contributed by atoms with van der Waals surface area (Å²) in [6, 6.07) is 9.19. The Hall–Kier alpha value is -1.60. The van der Waals surface area contributed by atoms with Crippen molar-refractivity contribution in [2.45, 2.75) is 0 Å². The molecular weight excluding hydrogens is 182 g/mol. The molecule has 0 aromatic heterocycles. The second-order valence-corrected chi connectivity index (χ2v) is 2.80. The molecule has 0 spiro atoms. The zero-order valence-electron chi connectivity index (χ0n) is 7.16. The first kappa shape index (κ1) is 9.49. The van der Waals surface area contributed by atoms with E-state index in [-0.39, 0.29) is 0 Å². The molecule has 0 fully saturated rings. The Morgan fingerprint density at radius 2 is 2.31 bits per heavy atom. The van der Waals surface area contributed by atoms with E-state index in [1.807, 2.05) is 6.07 Å². The van der Waals surface area contributed by atoms with Gasteiger partial charge < -0.3 is 10.6 Å². The van der Waals surface area contributed by atoms with Gasteiger partial charge in [0.15, 0.2) is 5.11 Å². The fraction of sp³-hybridized carbons (Fsp3) is 0.111. The van der Waals surface area contributed by atoms with E-state index in [4.69, 9.17) is 17.5 Å². The van der Waals surface area contributed by atoms with Gasteiger partial charge in [-0.25, -0.2) is 0 Å². The van der Waals surface area contributed by atoms with Crippen molar-refractivity contribution < 1.29 is 0 Å². The van der Waals surface area contributed by atoms with Gasteiger partial charge in [-0.2, -0.15) is 5.26 Å². The topological polar surface area (TPSA) is 47.8 Å². The quantitative estimate of drug-likeness (QED) is 0.660. The van der Waals surface area contributed by atoms with Crippen LogP contribution in [0.4, 0.5) is 5.69 Å². The third-order valence-electron chi connectivity index (χ3n) is 1.48. The van der Waals surface area contributed by atoms with Crippen molar-refractivity contribution in [3.8, 4) is 6.07 Å². The summed E-state index contributed by atoms with van der Waals surface area (Å²) >= 11 is 4.91. The van der Waals surface area contributed by atoms with E-state index in [2.05, 4.69) is 16.7 Å². The molecule has 66 valence electrons. The SMILES string of the molecule is CNC(=S)Nc1cccc(C#N)c1. The Kier molecular flexibility index (Phi) is 3.23. The summed E-state index contributed by atoms with van der Waals surface area (Å²) < 4.78 is 0. The first-order chi connectivity index (χ1) is 6.26. The molecule has 0 unspecified atom stereocenters. The first-order valence-electron chi connectivity index (χ1n) is 3.75. The molecule has 13 heavy (non-hydrogen) atoms. The molecule has 3 nitrogen and oxygen atoms in total. The summed E-state index contributed by atoms with van der Waals surface area (Å²) in [6.45, 7) is 0. The molecule has 0 aliphatic rings. The zero-order valence-corrected chi connectivity index (χ0v) is 7.98. The molecule has 0 atom stereocenters. The van der Waals surface area contributed by atoms with Crippen molar-refractivity contribution in [1.82, 2.24) is 5.32 Å². The Bertz CT molecular complexity index is 354. The maximum absolute atomic E-state index is 8.63. The Labute approximate surface area is 82.4 Å². The summed E-state index contributed by atoms with van der Waals surface area (Å²) in [5.41, 5.74) is 1.43. The number of nitrogens with one attached hydrogen (secondary N) is 2. The molecule has 4 heteroatoms. The summed E-state index contributed by atoms with van der Waals surface area (Å²) in [5, 5.41) is 14.9. The van der Waals surface area contributed by atoms with E-state index in [0.717, 1.165) is 5.69 Å². The largest absolute Gasteiger partial charge is 0.366 e. The van der Waals surface area contributed by atoms with E-state index in [0.29, 0.717) is 10.7 Å². The highest BCUT2D eigenvalue weighted by Crippen LogP contribution is 2.08. The lowest BCUT2D eigenvalue weighted by Crippen LogP contribution is -2.24. The van der Waals surface area contributed by atoms with Gasteiger partial charge in [-0.15, -0.1) is 0 Å². The Morgan fingerprint density at radius 1 is 1.54 bits per heavy atom. The van der Waals surface area contributed by atoms with Crippen LogP contribution >= 0.6 is 12.2 Å². The molecule has 1 aromatic carbocycles. The fourth-order valence-corrected chi connectivity index (χ4v) is 0.978. The minimum atomic E-state index is 0.537. The zero-order chi connectivity index (χ0) is 9.68. The van der Waals surface area contributed by atoms with Crippen LogP contribution in [-0.2, 0) is 0 Å². The molecule has 1 rings (SSSR count). The van der Waals surface area contributed by atoms with Gasteiger partial charge in [-0.1, -0.05) is 6.07 Å². The summed E-state index contributed by atoms with van der Waals surface area (Å²) in [4.78, 5) is 0. The molecule has 0 aliphatic heterocycles. The van der Waals surface area contributed by atoms with Gasteiger partial charge in [-0.05, 0) is 30.4 Å². The Balaban J connectivity index is 2.79. The van der Waals surface area contributed by atoms with Crippen LogP contribution in [0.5, 0.6) is 0 Å². The molecule has 0 heterocycles. The number of benzene rings is 1. The number of nitrogens with zero attached hydrogens (tertiary/aromatic N) is 1. The minimum Gasteiger partial charge on any atom is -0.366 e. The van der Waals surface area contributed by atoms with Crippen molar-refractivity contribution in [2.75, 3.05) is 12.4 Å². The van der Waals surface area contributed by atoms with E-state index >= 15 is 0 Å². The van der Waals surface area contributed by atoms with Gasteiger partial charge in [0.05, 0.1) is 11.6 Å². The molecule has 0 aliphatic carbocycles. The van der Waals surface area contributed by atoms with Crippen LogP contribution in [0.15, 0.2) is 24.3 Å². The third-order valence-corrected chi connectivity index (χ3v) is 1.78. The fourth-order valence-electron chi connectivity index (χ4n) is 0.860. The molecule has 0 amide bonds. The molecule has 0 radical (unpaired) electrons. The minimum absolute atomic E-state index is 0.537. The molecule has 0 bridgehead atoms. The maximum atomic E-state index is 8.63. The monoisotopic (exact) mass is 191 g/mol. The lowest BCUT2D eigenvalue weighted by Gasteiger charge is -2.06. The van der Waals surface area contributed by atoms with Crippen molar-refractivity contribution in [3.05, 3.63) is 29.8 Å². The summed E-state index contributed by atoms with van der Waals surface area (Å²) in [5.74, 6) is 0. The highest BCUT2D eigenvalue weighted by atomic mass is 32.1. The average Bonchev–Trinajstić information content (AvgIpc) is 2.18. The second-order valence-electron chi connectivity index (χ2n) is 2.40. The lowest BCUT2D eigenvalue weighted by atomic mass is 10.2. The smallest absolute Gasteiger partial charge is 0.170 e. The van der Waals surface area contributed by atoms with Crippen LogP contribution < -0.4 is 10.6 Å². The average molecular weight is 191 g/mol. The lowest BCUT2D eigenvalue weighted by molar-refractivity contribution is 1.20. The molecule has 0 saturated carbocycles. The van der Waals surface area contributed by atoms with E-state index in [1.165, 1.54) is 0 Å². The highest BCUT2D eigenvalue weighted by Gasteiger charge is 1.95. The van der Waals surface area contributed by atoms with Crippen molar-refractivity contribution >= 4 is 23.0 Å². The van der Waals surface area contributed by atoms with Gasteiger partial charge in [0.2, 0.25) is 0 Å². The van der Waals surface area contributed by atoms with Gasteiger partial charge in [0, 0.05) is 12.7 Å². The second kappa shape index (κ2) is 4.43. The summed E-state index contributed by atoms with van der Waals surface area (Å²) in [7, 11) is 1.74. The van der Waals surface area contributed by atoms with E-state index in [1.54, 1.807) is 25.2 Å². The molecule has 2 N–H and O–H groups in total. The van der Waals surface area contributed by atoms with Crippen LogP contribution in [0.3, 0.4) is 0 Å². The van der Waals surface area contributed by atoms with Crippen molar-refractivity contribution in [3.63, 3.8) is 0 Å². The van der Waals surface area contributed by atoms with Crippen LogP contribution in [0.2, 0.25) is 0 Å². The Morgan fingerprint density at radius 3 is 2.92 bits per heavy atom. The van der Waals surface area contributed by atoms with Crippen molar-refractivity contribution in [1.29, 1.82) is 5.26 Å². The number of hydrogen-bond acceptors (Lipinski definition) is 2. The number of thiocarbonyl (C=S) groups is 1.